The zero-order valence-corrected chi connectivity index (χ0v) is 21.8. The van der Waals surface area contributed by atoms with Gasteiger partial charge in [-0.1, -0.05) is 53.8 Å². The quantitative estimate of drug-likeness (QED) is 0.276. The van der Waals surface area contributed by atoms with Crippen LogP contribution in [0.15, 0.2) is 102 Å². The number of aromatic nitrogens is 3. The van der Waals surface area contributed by atoms with Crippen molar-refractivity contribution in [2.75, 3.05) is 18.5 Å². The smallest absolute Gasteiger partial charge is 0.260 e. The second-order valence-electron chi connectivity index (χ2n) is 8.46. The summed E-state index contributed by atoms with van der Waals surface area (Å²) in [6.07, 6.45) is 3.53. The predicted octanol–water partition coefficient (Wildman–Crippen LogP) is 4.66. The number of carbonyl (C=O) groups excluding carboxylic acids is 1. The molecule has 0 unspecified atom stereocenters. The Balaban J connectivity index is 1.39. The van der Waals surface area contributed by atoms with Crippen LogP contribution in [0.4, 0.5) is 5.13 Å². The van der Waals surface area contributed by atoms with Gasteiger partial charge in [0, 0.05) is 38.1 Å². The summed E-state index contributed by atoms with van der Waals surface area (Å²) in [7, 11) is -2.18. The molecule has 8 nitrogen and oxygen atoms in total. The number of nitrogens with zero attached hydrogens (tertiary/aromatic N) is 5. The molecule has 0 atom stereocenters. The van der Waals surface area contributed by atoms with Crippen molar-refractivity contribution in [1.29, 1.82) is 0 Å². The van der Waals surface area contributed by atoms with Crippen molar-refractivity contribution >= 4 is 42.6 Å². The molecule has 0 aliphatic rings. The van der Waals surface area contributed by atoms with Gasteiger partial charge in [0.15, 0.2) is 5.13 Å². The van der Waals surface area contributed by atoms with Gasteiger partial charge < -0.3 is 0 Å². The number of hydrogen-bond donors (Lipinski definition) is 0. The minimum Gasteiger partial charge on any atom is -0.282 e. The van der Waals surface area contributed by atoms with Gasteiger partial charge in [-0.3, -0.25) is 14.4 Å². The van der Waals surface area contributed by atoms with E-state index >= 15 is 0 Å². The first-order valence-electron chi connectivity index (χ1n) is 11.7. The lowest BCUT2D eigenvalue weighted by atomic mass is 10.2. The van der Waals surface area contributed by atoms with Crippen LogP contribution in [0.25, 0.3) is 10.2 Å². The third kappa shape index (κ3) is 5.46. The fraction of sp³-hybridized carbons (Fsp3) is 0.148. The third-order valence-electron chi connectivity index (χ3n) is 5.93. The molecule has 3 aromatic carbocycles. The fourth-order valence-electron chi connectivity index (χ4n) is 3.93. The highest BCUT2D eigenvalue weighted by atomic mass is 32.2. The summed E-state index contributed by atoms with van der Waals surface area (Å²) < 4.78 is 30.3. The zero-order valence-electron chi connectivity index (χ0n) is 20.1. The van der Waals surface area contributed by atoms with Gasteiger partial charge in [0.05, 0.1) is 21.7 Å². The number of anilines is 1. The number of sulfonamides is 1. The number of hydrogen-bond acceptors (Lipinski definition) is 6. The van der Waals surface area contributed by atoms with Crippen molar-refractivity contribution in [3.8, 4) is 0 Å². The average molecular weight is 532 g/mol. The van der Waals surface area contributed by atoms with Crippen LogP contribution >= 0.6 is 11.3 Å². The molecule has 0 fully saturated rings. The number of para-hydroxylation sites is 1. The standard InChI is InChI=1S/C27H25N5O3S2/c1-30(20-21-8-3-2-4-9-21)37(34,35)23-14-12-22(13-15-23)26(33)32(19-18-31-17-7-16-28-31)27-29-24-10-5-6-11-25(24)36-27/h2-17H,18-20H2,1H3. The topological polar surface area (TPSA) is 88.4 Å². The maximum absolute atomic E-state index is 13.6. The molecule has 0 spiro atoms. The van der Waals surface area contributed by atoms with Gasteiger partial charge in [0.2, 0.25) is 10.0 Å². The van der Waals surface area contributed by atoms with Gasteiger partial charge in [0.1, 0.15) is 0 Å². The van der Waals surface area contributed by atoms with Crippen LogP contribution < -0.4 is 4.90 Å². The van der Waals surface area contributed by atoms with E-state index in [1.165, 1.54) is 27.8 Å². The van der Waals surface area contributed by atoms with E-state index in [4.69, 9.17) is 0 Å². The van der Waals surface area contributed by atoms with Crippen LogP contribution in [0, 0.1) is 0 Å². The Hall–Kier alpha value is -3.86. The molecule has 2 heterocycles. The molecule has 1 amide bonds. The molecule has 5 rings (SSSR count). The molecule has 0 saturated heterocycles. The second kappa shape index (κ2) is 10.6. The number of carbonyl (C=O) groups is 1. The van der Waals surface area contributed by atoms with Gasteiger partial charge >= 0.3 is 0 Å². The van der Waals surface area contributed by atoms with Crippen molar-refractivity contribution in [1.82, 2.24) is 19.1 Å². The van der Waals surface area contributed by atoms with E-state index in [0.29, 0.717) is 23.8 Å². The number of benzene rings is 3. The first-order chi connectivity index (χ1) is 17.9. The minimum absolute atomic E-state index is 0.130. The minimum atomic E-state index is -3.72. The highest BCUT2D eigenvalue weighted by molar-refractivity contribution is 7.89. The molecule has 0 aliphatic carbocycles. The van der Waals surface area contributed by atoms with Gasteiger partial charge in [-0.25, -0.2) is 13.4 Å². The van der Waals surface area contributed by atoms with Gasteiger partial charge in [-0.05, 0) is 48.0 Å². The fourth-order valence-corrected chi connectivity index (χ4v) is 6.07. The van der Waals surface area contributed by atoms with Crippen molar-refractivity contribution in [2.24, 2.45) is 0 Å². The Labute approximate surface area is 219 Å². The monoisotopic (exact) mass is 531 g/mol. The molecule has 0 N–H and O–H groups in total. The van der Waals surface area contributed by atoms with E-state index < -0.39 is 10.0 Å². The zero-order chi connectivity index (χ0) is 25.8. The summed E-state index contributed by atoms with van der Waals surface area (Å²) in [5.41, 5.74) is 2.09. The summed E-state index contributed by atoms with van der Waals surface area (Å²) in [5.74, 6) is -0.257. The van der Waals surface area contributed by atoms with Crippen molar-refractivity contribution in [3.63, 3.8) is 0 Å². The number of amides is 1. The summed E-state index contributed by atoms with van der Waals surface area (Å²) >= 11 is 1.44. The number of rotatable bonds is 9. The molecule has 0 bridgehead atoms. The van der Waals surface area contributed by atoms with Crippen LogP contribution in [0.3, 0.4) is 0 Å². The first-order valence-corrected chi connectivity index (χ1v) is 13.9. The SMILES string of the molecule is CN(Cc1ccccc1)S(=O)(=O)c1ccc(C(=O)N(CCn2cccn2)c2nc3ccccc3s2)cc1. The molecular weight excluding hydrogens is 506 g/mol. The molecule has 188 valence electrons. The molecule has 5 aromatic rings. The highest BCUT2D eigenvalue weighted by Crippen LogP contribution is 2.30. The normalized spacial score (nSPS) is 11.7. The Bertz CT molecular complexity index is 1570. The molecule has 2 aromatic heterocycles. The van der Waals surface area contributed by atoms with Crippen LogP contribution in [-0.4, -0.2) is 47.0 Å². The summed E-state index contributed by atoms with van der Waals surface area (Å²) in [6.45, 7) is 1.11. The van der Waals surface area contributed by atoms with Gasteiger partial charge in [-0.15, -0.1) is 0 Å². The maximum atomic E-state index is 13.6. The van der Waals surface area contributed by atoms with Crippen LogP contribution in [0.5, 0.6) is 0 Å². The second-order valence-corrected chi connectivity index (χ2v) is 11.5. The lowest BCUT2D eigenvalue weighted by molar-refractivity contribution is 0.0985. The lowest BCUT2D eigenvalue weighted by Crippen LogP contribution is -2.34. The van der Waals surface area contributed by atoms with Crippen molar-refractivity contribution in [3.05, 3.63) is 108 Å². The van der Waals surface area contributed by atoms with Gasteiger partial charge in [-0.2, -0.15) is 9.40 Å². The average Bonchev–Trinajstić information content (AvgIpc) is 3.59. The van der Waals surface area contributed by atoms with E-state index in [1.54, 1.807) is 35.0 Å². The molecule has 10 heteroatoms. The highest BCUT2D eigenvalue weighted by Gasteiger charge is 2.24. The summed E-state index contributed by atoms with van der Waals surface area (Å²) in [6, 6.07) is 25.0. The molecule has 0 saturated carbocycles. The maximum Gasteiger partial charge on any atom is 0.260 e. The Kier molecular flexibility index (Phi) is 7.13. The predicted molar refractivity (Wildman–Crippen MR) is 145 cm³/mol. The Morgan fingerprint density at radius 3 is 2.38 bits per heavy atom. The molecular formula is C27H25N5O3S2. The van der Waals surface area contributed by atoms with E-state index in [-0.39, 0.29) is 17.3 Å². The largest absolute Gasteiger partial charge is 0.282 e. The lowest BCUT2D eigenvalue weighted by Gasteiger charge is -2.21. The van der Waals surface area contributed by atoms with Crippen molar-refractivity contribution < 1.29 is 13.2 Å². The van der Waals surface area contributed by atoms with Crippen molar-refractivity contribution in [2.45, 2.75) is 18.0 Å². The molecule has 37 heavy (non-hydrogen) atoms. The number of fused-ring (bicyclic) bond motifs is 1. The summed E-state index contributed by atoms with van der Waals surface area (Å²) in [5, 5.41) is 4.81. The number of thiazole rings is 1. The Morgan fingerprint density at radius 1 is 0.946 bits per heavy atom. The van der Waals surface area contributed by atoms with E-state index in [9.17, 15) is 13.2 Å². The van der Waals surface area contributed by atoms with Crippen LogP contribution in [0.2, 0.25) is 0 Å². The third-order valence-corrected chi connectivity index (χ3v) is 8.81. The molecule has 0 aliphatic heterocycles. The molecule has 0 radical (unpaired) electrons. The Morgan fingerprint density at radius 2 is 1.68 bits per heavy atom. The van der Waals surface area contributed by atoms with Gasteiger partial charge in [0.25, 0.3) is 5.91 Å². The first kappa shape index (κ1) is 24.8. The van der Waals surface area contributed by atoms with Crippen LogP contribution in [-0.2, 0) is 23.1 Å². The summed E-state index contributed by atoms with van der Waals surface area (Å²) in [4.78, 5) is 20.0. The van der Waals surface area contributed by atoms with E-state index in [2.05, 4.69) is 10.1 Å². The van der Waals surface area contributed by atoms with E-state index in [1.807, 2.05) is 66.9 Å². The van der Waals surface area contributed by atoms with Crippen LogP contribution in [0.1, 0.15) is 15.9 Å². The van der Waals surface area contributed by atoms with E-state index in [0.717, 1.165) is 15.8 Å².